The number of methoxy groups -OCH3 is 4. The number of fused-ring (bicyclic) bond motifs is 2. The predicted molar refractivity (Wildman–Crippen MR) is 144 cm³/mol. The first-order valence-electron chi connectivity index (χ1n) is 11.5. The van der Waals surface area contributed by atoms with Crippen LogP contribution >= 0.6 is 0 Å². The van der Waals surface area contributed by atoms with Crippen LogP contribution in [0.2, 0.25) is 0 Å². The summed E-state index contributed by atoms with van der Waals surface area (Å²) >= 11 is 0. The highest BCUT2D eigenvalue weighted by atomic mass is 16.5. The number of carbonyl (C=O) groups is 1. The van der Waals surface area contributed by atoms with Gasteiger partial charge in [-0.05, 0) is 66.2 Å². The van der Waals surface area contributed by atoms with E-state index >= 15 is 0 Å². The molecule has 4 aromatic rings. The van der Waals surface area contributed by atoms with Gasteiger partial charge in [-0.1, -0.05) is 24.3 Å². The number of nitrogens with zero attached hydrogens (tertiary/aromatic N) is 1. The van der Waals surface area contributed by atoms with Gasteiger partial charge in [0.15, 0.2) is 0 Å². The Morgan fingerprint density at radius 2 is 1.41 bits per heavy atom. The second-order valence-corrected chi connectivity index (χ2v) is 7.71. The van der Waals surface area contributed by atoms with E-state index in [4.69, 9.17) is 23.7 Å². The Labute approximate surface area is 216 Å². The molecule has 190 valence electrons. The number of esters is 1. The lowest BCUT2D eigenvalue weighted by Crippen LogP contribution is -2.06. The minimum absolute atomic E-state index is 0.0839. The van der Waals surface area contributed by atoms with Crippen molar-refractivity contribution in [3.05, 3.63) is 77.9 Å². The summed E-state index contributed by atoms with van der Waals surface area (Å²) in [5.41, 5.74) is 0.522. The van der Waals surface area contributed by atoms with E-state index in [0.717, 1.165) is 33.0 Å². The maximum atomic E-state index is 11.8. The Balaban J connectivity index is 0.000000231. The molecule has 0 aliphatic rings. The van der Waals surface area contributed by atoms with Crippen LogP contribution in [0.1, 0.15) is 12.5 Å². The molecule has 0 heterocycles. The van der Waals surface area contributed by atoms with Crippen LogP contribution in [0.25, 0.3) is 27.6 Å². The molecule has 0 bridgehead atoms. The number of nitriles is 1. The summed E-state index contributed by atoms with van der Waals surface area (Å²) < 4.78 is 26.0. The van der Waals surface area contributed by atoms with Crippen molar-refractivity contribution in [2.24, 2.45) is 0 Å². The van der Waals surface area contributed by atoms with Crippen LogP contribution in [0, 0.1) is 11.3 Å². The molecule has 0 N–H and O–H groups in total. The van der Waals surface area contributed by atoms with Crippen molar-refractivity contribution < 1.29 is 28.5 Å². The van der Waals surface area contributed by atoms with E-state index < -0.39 is 5.97 Å². The monoisotopic (exact) mass is 499 g/mol. The molecule has 0 aromatic heterocycles. The summed E-state index contributed by atoms with van der Waals surface area (Å²) in [5.74, 6) is 2.37. The molecule has 37 heavy (non-hydrogen) atoms. The van der Waals surface area contributed by atoms with Gasteiger partial charge < -0.3 is 23.7 Å². The van der Waals surface area contributed by atoms with Crippen LogP contribution in [0.4, 0.5) is 0 Å². The van der Waals surface area contributed by atoms with E-state index in [1.54, 1.807) is 28.3 Å². The number of hydrogen-bond acceptors (Lipinski definition) is 7. The van der Waals surface area contributed by atoms with Gasteiger partial charge in [-0.2, -0.15) is 5.26 Å². The Kier molecular flexibility index (Phi) is 9.34. The van der Waals surface area contributed by atoms with Crippen LogP contribution < -0.4 is 18.9 Å². The molecular weight excluding hydrogens is 470 g/mol. The maximum absolute atomic E-state index is 11.8. The Bertz CT molecular complexity index is 1470. The predicted octanol–water partition coefficient (Wildman–Crippen LogP) is 6.18. The third-order valence-corrected chi connectivity index (χ3v) is 5.59. The minimum atomic E-state index is -0.655. The van der Waals surface area contributed by atoms with Crippen LogP contribution in [0.5, 0.6) is 23.0 Å². The zero-order chi connectivity index (χ0) is 26.8. The van der Waals surface area contributed by atoms with Crippen LogP contribution in [-0.2, 0) is 9.53 Å². The zero-order valence-corrected chi connectivity index (χ0v) is 21.5. The third-order valence-electron chi connectivity index (χ3n) is 5.59. The van der Waals surface area contributed by atoms with E-state index in [0.29, 0.717) is 17.1 Å². The van der Waals surface area contributed by atoms with Crippen molar-refractivity contribution in [1.29, 1.82) is 5.26 Å². The first kappa shape index (κ1) is 26.9. The van der Waals surface area contributed by atoms with Crippen LogP contribution in [-0.4, -0.2) is 41.0 Å². The highest BCUT2D eigenvalue weighted by molar-refractivity contribution is 6.00. The first-order chi connectivity index (χ1) is 18.0. The van der Waals surface area contributed by atoms with E-state index in [2.05, 4.69) is 0 Å². The topological polar surface area (TPSA) is 87.0 Å². The first-order valence-corrected chi connectivity index (χ1v) is 11.5. The van der Waals surface area contributed by atoms with E-state index in [1.165, 1.54) is 13.2 Å². The average Bonchev–Trinajstić information content (AvgIpc) is 2.94. The molecule has 4 rings (SSSR count). The van der Waals surface area contributed by atoms with Crippen molar-refractivity contribution in [3.8, 4) is 29.1 Å². The molecule has 0 spiro atoms. The number of benzene rings is 4. The van der Waals surface area contributed by atoms with Crippen molar-refractivity contribution in [2.45, 2.75) is 6.92 Å². The van der Waals surface area contributed by atoms with Crippen molar-refractivity contribution >= 4 is 33.6 Å². The maximum Gasteiger partial charge on any atom is 0.348 e. The Hall–Kier alpha value is -4.70. The van der Waals surface area contributed by atoms with E-state index in [1.807, 2.05) is 72.8 Å². The molecule has 0 saturated heterocycles. The van der Waals surface area contributed by atoms with Crippen molar-refractivity contribution in [2.75, 3.05) is 35.0 Å². The molecule has 4 aromatic carbocycles. The highest BCUT2D eigenvalue weighted by Gasteiger charge is 2.13. The molecule has 0 fully saturated rings. The molecule has 7 nitrogen and oxygen atoms in total. The normalized spacial score (nSPS) is 10.6. The van der Waals surface area contributed by atoms with E-state index in [9.17, 15) is 10.1 Å². The quantitative estimate of drug-likeness (QED) is 0.170. The molecule has 7 heteroatoms. The molecule has 0 saturated carbocycles. The van der Waals surface area contributed by atoms with Gasteiger partial charge in [-0.3, -0.25) is 0 Å². The van der Waals surface area contributed by atoms with Gasteiger partial charge in [0.05, 0.1) is 35.0 Å². The molecule has 0 aliphatic carbocycles. The fourth-order valence-electron chi connectivity index (χ4n) is 3.80. The standard InChI is InChI=1S/C18H17NO4.C12H12O2/c1-4-23-18(20)14(11-19)8-13-9-15-12(10-17(13)22-3)6-5-7-16(15)21-2;1-13-10-6-7-11-9(8-10)4-3-5-12(11)14-2/h5-10H,4H2,1-3H3;3-8H,1-2H3. The van der Waals surface area contributed by atoms with Crippen LogP contribution in [0.3, 0.4) is 0 Å². The molecular formula is C30H29NO6. The average molecular weight is 500 g/mol. The van der Waals surface area contributed by atoms with E-state index in [-0.39, 0.29) is 12.2 Å². The van der Waals surface area contributed by atoms with Gasteiger partial charge in [-0.15, -0.1) is 0 Å². The van der Waals surface area contributed by atoms with Gasteiger partial charge >= 0.3 is 5.97 Å². The van der Waals surface area contributed by atoms with Crippen LogP contribution in [0.15, 0.2) is 72.3 Å². The Morgan fingerprint density at radius 3 is 1.97 bits per heavy atom. The summed E-state index contributed by atoms with van der Waals surface area (Å²) in [6, 6.07) is 23.1. The largest absolute Gasteiger partial charge is 0.497 e. The SMILES string of the molecule is CCOC(=O)C(C#N)=Cc1cc2c(OC)cccc2cc1OC.COc1ccc2c(OC)cccc2c1. The summed E-state index contributed by atoms with van der Waals surface area (Å²) in [6.07, 6.45) is 1.46. The fourth-order valence-corrected chi connectivity index (χ4v) is 3.80. The highest BCUT2D eigenvalue weighted by Crippen LogP contribution is 2.33. The van der Waals surface area contributed by atoms with Crippen molar-refractivity contribution in [1.82, 2.24) is 0 Å². The molecule has 0 unspecified atom stereocenters. The fraction of sp³-hybridized carbons (Fsp3) is 0.200. The van der Waals surface area contributed by atoms with Gasteiger partial charge in [0, 0.05) is 16.3 Å². The van der Waals surface area contributed by atoms with Gasteiger partial charge in [0.2, 0.25) is 0 Å². The molecule has 0 radical (unpaired) electrons. The lowest BCUT2D eigenvalue weighted by Gasteiger charge is -2.10. The Morgan fingerprint density at radius 1 is 0.784 bits per heavy atom. The number of hydrogen-bond donors (Lipinski definition) is 0. The molecule has 0 amide bonds. The smallest absolute Gasteiger partial charge is 0.348 e. The zero-order valence-electron chi connectivity index (χ0n) is 21.5. The number of ether oxygens (including phenoxy) is 5. The van der Waals surface area contributed by atoms with Gasteiger partial charge in [0.1, 0.15) is 34.6 Å². The summed E-state index contributed by atoms with van der Waals surface area (Å²) in [7, 11) is 6.48. The summed E-state index contributed by atoms with van der Waals surface area (Å²) in [4.78, 5) is 11.8. The lowest BCUT2D eigenvalue weighted by molar-refractivity contribution is -0.137. The lowest BCUT2D eigenvalue weighted by atomic mass is 10.0. The van der Waals surface area contributed by atoms with Crippen molar-refractivity contribution in [3.63, 3.8) is 0 Å². The second kappa shape index (κ2) is 12.8. The number of carbonyl (C=O) groups excluding carboxylic acids is 1. The molecule has 0 atom stereocenters. The summed E-state index contributed by atoms with van der Waals surface area (Å²) in [5, 5.41) is 13.2. The number of rotatable bonds is 7. The molecule has 0 aliphatic heterocycles. The second-order valence-electron chi connectivity index (χ2n) is 7.71. The minimum Gasteiger partial charge on any atom is -0.497 e. The third kappa shape index (κ3) is 6.30. The van der Waals surface area contributed by atoms with Gasteiger partial charge in [-0.25, -0.2) is 4.79 Å². The van der Waals surface area contributed by atoms with Gasteiger partial charge in [0.25, 0.3) is 0 Å². The summed E-state index contributed by atoms with van der Waals surface area (Å²) in [6.45, 7) is 1.90.